The number of aromatic nitrogens is 3. The summed E-state index contributed by atoms with van der Waals surface area (Å²) in [5.74, 6) is 1.18. The zero-order chi connectivity index (χ0) is 29.1. The summed E-state index contributed by atoms with van der Waals surface area (Å²) in [4.78, 5) is 12.1. The fraction of sp³-hybridized carbons (Fsp3) is 0.371. The highest BCUT2D eigenvalue weighted by Gasteiger charge is 2.34. The monoisotopic (exact) mass is 579 g/mol. The summed E-state index contributed by atoms with van der Waals surface area (Å²) in [6.45, 7) is 6.25. The van der Waals surface area contributed by atoms with Gasteiger partial charge in [0.1, 0.15) is 0 Å². The number of hydrogen-bond donors (Lipinski definition) is 2. The zero-order valence-corrected chi connectivity index (χ0v) is 25.5. The molecule has 2 aromatic heterocycles. The molecule has 6 nitrogen and oxygen atoms in total. The molecule has 1 fully saturated rings. The van der Waals surface area contributed by atoms with Crippen molar-refractivity contribution in [2.45, 2.75) is 57.9 Å². The van der Waals surface area contributed by atoms with Gasteiger partial charge in [0.25, 0.3) is 0 Å². The molecule has 1 atom stereocenters. The lowest BCUT2D eigenvalue weighted by Crippen LogP contribution is -2.43. The van der Waals surface area contributed by atoms with Gasteiger partial charge in [0.05, 0.1) is 17.3 Å². The van der Waals surface area contributed by atoms with Crippen LogP contribution < -0.4 is 21.3 Å². The van der Waals surface area contributed by atoms with E-state index in [1.165, 1.54) is 23.1 Å². The summed E-state index contributed by atoms with van der Waals surface area (Å²) in [6.07, 6.45) is 15.0. The first-order valence-corrected chi connectivity index (χ1v) is 16.2. The molecule has 1 unspecified atom stereocenters. The molecule has 2 aliphatic rings. The van der Waals surface area contributed by atoms with Gasteiger partial charge < -0.3 is 15.7 Å². The minimum absolute atomic E-state index is 0.151. The molecule has 0 saturated heterocycles. The Labute approximate surface area is 252 Å². The summed E-state index contributed by atoms with van der Waals surface area (Å²) in [5, 5.41) is 14.6. The highest BCUT2D eigenvalue weighted by atomic mass is 32.1. The molecule has 2 heterocycles. The highest BCUT2D eigenvalue weighted by molar-refractivity contribution is 7.13. The van der Waals surface area contributed by atoms with Crippen LogP contribution in [0.4, 0.5) is 5.69 Å². The number of aliphatic hydroxyl groups is 1. The summed E-state index contributed by atoms with van der Waals surface area (Å²) >= 11 is 1.61. The number of nitrogens with two attached hydrogens (primary N) is 1. The second kappa shape index (κ2) is 12.4. The smallest absolute Gasteiger partial charge is 0.174 e. The van der Waals surface area contributed by atoms with E-state index in [1.54, 1.807) is 11.3 Å². The lowest BCUT2D eigenvalue weighted by atomic mass is 9.73. The van der Waals surface area contributed by atoms with Gasteiger partial charge >= 0.3 is 0 Å². The molecule has 6 rings (SSSR count). The van der Waals surface area contributed by atoms with Crippen molar-refractivity contribution in [2.75, 3.05) is 24.6 Å². The Morgan fingerprint density at radius 3 is 2.64 bits per heavy atom. The van der Waals surface area contributed by atoms with Crippen molar-refractivity contribution in [1.29, 1.82) is 0 Å². The molecule has 0 aliphatic heterocycles. The number of unbranched alkanes of at least 4 members (excludes halogenated alkanes) is 1. The normalized spacial score (nSPS) is 17.6. The van der Waals surface area contributed by atoms with Crippen LogP contribution in [-0.2, 0) is 5.54 Å². The third-order valence-corrected chi connectivity index (χ3v) is 9.59. The van der Waals surface area contributed by atoms with Crippen molar-refractivity contribution < 1.29 is 5.11 Å². The number of rotatable bonds is 10. The van der Waals surface area contributed by atoms with Gasteiger partial charge in [-0.2, -0.15) is 0 Å². The Hall–Kier alpha value is -3.52. The third-order valence-electron chi connectivity index (χ3n) is 8.82. The maximum atomic E-state index is 9.68. The molecule has 3 N–H and O–H groups in total. The Bertz CT molecular complexity index is 1670. The lowest BCUT2D eigenvalue weighted by Gasteiger charge is -2.38. The number of imidazole rings is 1. The lowest BCUT2D eigenvalue weighted by molar-refractivity contribution is 0.253. The maximum absolute atomic E-state index is 9.68. The SMILES string of the molecule is CCCCN(CCO)c1cccc(C2=CC=c3nc(-c4nccs4)n(-c4ccc(C5(N)CCC5)cc4)c3=CCC2C)c1. The van der Waals surface area contributed by atoms with E-state index >= 15 is 0 Å². The highest BCUT2D eigenvalue weighted by Crippen LogP contribution is 2.39. The van der Waals surface area contributed by atoms with Gasteiger partial charge in [0.15, 0.2) is 10.8 Å². The first-order valence-electron chi connectivity index (χ1n) is 15.3. The number of thiazole rings is 1. The number of anilines is 1. The van der Waals surface area contributed by atoms with Crippen LogP contribution in [0, 0.1) is 5.92 Å². The molecule has 1 saturated carbocycles. The van der Waals surface area contributed by atoms with Crippen LogP contribution in [0.3, 0.4) is 0 Å². The molecular weight excluding hydrogens is 538 g/mol. The van der Waals surface area contributed by atoms with Crippen molar-refractivity contribution in [1.82, 2.24) is 14.5 Å². The zero-order valence-electron chi connectivity index (χ0n) is 24.7. The van der Waals surface area contributed by atoms with E-state index in [0.717, 1.165) is 71.6 Å². The number of hydrogen-bond acceptors (Lipinski definition) is 6. The quantitative estimate of drug-likeness (QED) is 0.255. The fourth-order valence-corrected chi connectivity index (χ4v) is 6.76. The summed E-state index contributed by atoms with van der Waals surface area (Å²) in [5.41, 5.74) is 12.4. The first kappa shape index (κ1) is 28.6. The van der Waals surface area contributed by atoms with Crippen molar-refractivity contribution in [3.05, 3.63) is 88.0 Å². The number of benzene rings is 2. The number of nitrogens with zero attached hydrogens (tertiary/aromatic N) is 4. The molecule has 0 radical (unpaired) electrons. The van der Waals surface area contributed by atoms with Crippen LogP contribution >= 0.6 is 11.3 Å². The largest absolute Gasteiger partial charge is 0.395 e. The molecule has 0 spiro atoms. The van der Waals surface area contributed by atoms with E-state index in [9.17, 15) is 5.11 Å². The van der Waals surface area contributed by atoms with E-state index in [1.807, 2.05) is 11.6 Å². The van der Waals surface area contributed by atoms with Crippen molar-refractivity contribution in [3.8, 4) is 16.5 Å². The Balaban J connectivity index is 1.42. The topological polar surface area (TPSA) is 80.2 Å². The van der Waals surface area contributed by atoms with Crippen molar-refractivity contribution >= 4 is 34.7 Å². The van der Waals surface area contributed by atoms with Gasteiger partial charge in [-0.25, -0.2) is 9.97 Å². The minimum atomic E-state index is -0.181. The Kier molecular flexibility index (Phi) is 8.43. The number of aliphatic hydroxyl groups excluding tert-OH is 1. The molecular formula is C35H41N5OS. The number of fused-ring (bicyclic) bond motifs is 1. The average molecular weight is 580 g/mol. The predicted molar refractivity (Wildman–Crippen MR) is 175 cm³/mol. The first-order chi connectivity index (χ1) is 20.5. The van der Waals surface area contributed by atoms with Gasteiger partial charge in [-0.05, 0) is 85.1 Å². The molecule has 7 heteroatoms. The van der Waals surface area contributed by atoms with Gasteiger partial charge in [-0.1, -0.05) is 56.7 Å². The van der Waals surface area contributed by atoms with Crippen molar-refractivity contribution in [2.24, 2.45) is 11.7 Å². The van der Waals surface area contributed by atoms with Gasteiger partial charge in [-0.15, -0.1) is 11.3 Å². The maximum Gasteiger partial charge on any atom is 0.174 e. The van der Waals surface area contributed by atoms with E-state index in [-0.39, 0.29) is 12.1 Å². The average Bonchev–Trinajstić information content (AvgIpc) is 3.65. The third kappa shape index (κ3) is 5.61. The van der Waals surface area contributed by atoms with Crippen LogP contribution in [-0.4, -0.2) is 39.3 Å². The minimum Gasteiger partial charge on any atom is -0.395 e. The molecule has 2 aromatic carbocycles. The van der Waals surface area contributed by atoms with Gasteiger partial charge in [-0.3, -0.25) is 4.57 Å². The van der Waals surface area contributed by atoms with Gasteiger partial charge in [0, 0.05) is 41.6 Å². The van der Waals surface area contributed by atoms with Crippen LogP contribution in [0.2, 0.25) is 0 Å². The number of allylic oxidation sites excluding steroid dienone is 2. The van der Waals surface area contributed by atoms with Crippen LogP contribution in [0.15, 0.2) is 66.2 Å². The summed E-state index contributed by atoms with van der Waals surface area (Å²) < 4.78 is 2.26. The second-order valence-corrected chi connectivity index (χ2v) is 12.6. The van der Waals surface area contributed by atoms with E-state index < -0.39 is 0 Å². The molecule has 4 aromatic rings. The van der Waals surface area contributed by atoms with E-state index in [4.69, 9.17) is 10.7 Å². The summed E-state index contributed by atoms with van der Waals surface area (Å²) in [7, 11) is 0. The van der Waals surface area contributed by atoms with Crippen LogP contribution in [0.1, 0.15) is 63.5 Å². The summed E-state index contributed by atoms with van der Waals surface area (Å²) in [6, 6.07) is 17.5. The molecule has 42 heavy (non-hydrogen) atoms. The molecule has 2 aliphatic carbocycles. The molecule has 218 valence electrons. The predicted octanol–water partition coefficient (Wildman–Crippen LogP) is 5.62. The molecule has 0 amide bonds. The van der Waals surface area contributed by atoms with Crippen molar-refractivity contribution in [3.63, 3.8) is 0 Å². The Morgan fingerprint density at radius 1 is 1.12 bits per heavy atom. The van der Waals surface area contributed by atoms with E-state index in [0.29, 0.717) is 12.5 Å². The van der Waals surface area contributed by atoms with Crippen LogP contribution in [0.25, 0.3) is 34.2 Å². The van der Waals surface area contributed by atoms with Crippen LogP contribution in [0.5, 0.6) is 0 Å². The van der Waals surface area contributed by atoms with Gasteiger partial charge in [0.2, 0.25) is 0 Å². The Morgan fingerprint density at radius 2 is 1.95 bits per heavy atom. The molecule has 0 bridgehead atoms. The standard InChI is InChI=1S/C35H41N5OS/c1-3-4-20-39(21-22-41)29-8-5-7-26(24-29)30-14-15-31-32(16-9-25(30)2)40(33(38-31)34-37-19-23-42-34)28-12-10-27(11-13-28)35(36)17-6-18-35/h5,7-8,10-16,19,23-25,41H,3-4,6,9,17-18,20-22,36H2,1-2H3. The second-order valence-electron chi connectivity index (χ2n) is 11.7. The fourth-order valence-electron chi connectivity index (χ4n) is 6.15. The van der Waals surface area contributed by atoms with E-state index in [2.05, 4.69) is 95.1 Å².